The van der Waals surface area contributed by atoms with Gasteiger partial charge in [0.25, 0.3) is 0 Å². The number of hydrogen-bond donors (Lipinski definition) is 2. The molecule has 1 saturated heterocycles. The zero-order chi connectivity index (χ0) is 28.8. The number of ether oxygens (including phenoxy) is 2. The minimum absolute atomic E-state index is 0.0150. The van der Waals surface area contributed by atoms with Crippen LogP contribution in [0.5, 0.6) is 5.88 Å². The molecule has 2 heterocycles. The SMILES string of the molecule is C[C@H](CO)COc1cc(NS(=O)(=O)N2CCN(C(=O)OC(C)(C)C)CC2)nc(SCc2cccc(F)c2F)n1. The number of carbonyl (C=O) groups excluding carboxylic acids is 1. The molecule has 11 nitrogen and oxygen atoms in total. The third-order valence-electron chi connectivity index (χ3n) is 5.36. The summed E-state index contributed by atoms with van der Waals surface area (Å²) in [6.45, 7) is 7.36. The van der Waals surface area contributed by atoms with Crippen LogP contribution in [0.1, 0.15) is 33.3 Å². The first-order valence-corrected chi connectivity index (χ1v) is 14.6. The Balaban J connectivity index is 1.73. The van der Waals surface area contributed by atoms with Crippen LogP contribution in [-0.4, -0.2) is 83.8 Å². The monoisotopic (exact) mass is 589 g/mol. The average molecular weight is 590 g/mol. The Bertz CT molecular complexity index is 1250. The Morgan fingerprint density at radius 3 is 2.54 bits per heavy atom. The number of rotatable bonds is 10. The molecule has 0 radical (unpaired) electrons. The van der Waals surface area contributed by atoms with Crippen LogP contribution in [0.2, 0.25) is 0 Å². The molecule has 1 fully saturated rings. The molecule has 1 aromatic carbocycles. The summed E-state index contributed by atoms with van der Waals surface area (Å²) in [6, 6.07) is 5.12. The summed E-state index contributed by atoms with van der Waals surface area (Å²) in [4.78, 5) is 22.2. The first kappa shape index (κ1) is 30.8. The quantitative estimate of drug-likeness (QED) is 0.316. The molecular weight excluding hydrogens is 556 g/mol. The molecule has 1 amide bonds. The van der Waals surface area contributed by atoms with E-state index in [1.165, 1.54) is 27.4 Å². The predicted molar refractivity (Wildman–Crippen MR) is 142 cm³/mol. The van der Waals surface area contributed by atoms with Crippen molar-refractivity contribution in [1.82, 2.24) is 19.2 Å². The van der Waals surface area contributed by atoms with E-state index in [1.54, 1.807) is 27.7 Å². The van der Waals surface area contributed by atoms with E-state index in [1.807, 2.05) is 0 Å². The maximum atomic E-state index is 14.1. The van der Waals surface area contributed by atoms with Gasteiger partial charge in [0.2, 0.25) is 5.88 Å². The van der Waals surface area contributed by atoms with Crippen molar-refractivity contribution < 1.29 is 36.6 Å². The number of aliphatic hydroxyl groups excluding tert-OH is 1. The molecule has 1 atom stereocenters. The molecule has 2 aromatic rings. The van der Waals surface area contributed by atoms with Gasteiger partial charge in [0, 0.05) is 56.1 Å². The van der Waals surface area contributed by atoms with Crippen molar-refractivity contribution in [2.45, 2.75) is 44.2 Å². The van der Waals surface area contributed by atoms with Crippen molar-refractivity contribution in [1.29, 1.82) is 0 Å². The van der Waals surface area contributed by atoms with Crippen LogP contribution >= 0.6 is 11.8 Å². The standard InChI is InChI=1S/C24H33F2N5O6S2/c1-16(13-32)14-36-20-12-19(27-22(28-20)38-15-17-6-5-7-18(25)21(17)26)29-39(34,35)31-10-8-30(9-11-31)23(33)37-24(2,3)4/h5-7,12,16,32H,8-11,13-15H2,1-4H3,(H,27,28,29)/t16-/m1/s1. The van der Waals surface area contributed by atoms with Crippen LogP contribution in [0.25, 0.3) is 0 Å². The van der Waals surface area contributed by atoms with Crippen LogP contribution < -0.4 is 9.46 Å². The number of anilines is 1. The minimum Gasteiger partial charge on any atom is -0.477 e. The van der Waals surface area contributed by atoms with Crippen molar-refractivity contribution >= 4 is 33.9 Å². The Labute approximate surface area is 231 Å². The second-order valence-corrected chi connectivity index (χ2v) is 12.6. The van der Waals surface area contributed by atoms with Gasteiger partial charge in [-0.25, -0.2) is 18.6 Å². The number of thioether (sulfide) groups is 1. The Morgan fingerprint density at radius 2 is 1.90 bits per heavy atom. The van der Waals surface area contributed by atoms with Gasteiger partial charge >= 0.3 is 16.3 Å². The molecule has 0 saturated carbocycles. The highest BCUT2D eigenvalue weighted by Crippen LogP contribution is 2.27. The van der Waals surface area contributed by atoms with E-state index in [9.17, 15) is 27.1 Å². The van der Waals surface area contributed by atoms with Crippen LogP contribution in [-0.2, 0) is 20.7 Å². The molecule has 0 aliphatic carbocycles. The van der Waals surface area contributed by atoms with Gasteiger partial charge in [0.15, 0.2) is 16.8 Å². The number of nitrogens with one attached hydrogen (secondary N) is 1. The topological polar surface area (TPSA) is 134 Å². The molecule has 0 spiro atoms. The highest BCUT2D eigenvalue weighted by Gasteiger charge is 2.31. The first-order valence-electron chi connectivity index (χ1n) is 12.2. The minimum atomic E-state index is -4.07. The summed E-state index contributed by atoms with van der Waals surface area (Å²) in [7, 11) is -4.07. The maximum absolute atomic E-state index is 14.1. The van der Waals surface area contributed by atoms with E-state index in [0.29, 0.717) is 0 Å². The van der Waals surface area contributed by atoms with Crippen molar-refractivity contribution in [3.8, 4) is 5.88 Å². The number of hydrogen-bond acceptors (Lipinski definition) is 9. The number of halogens is 2. The summed E-state index contributed by atoms with van der Waals surface area (Å²) in [5.74, 6) is -2.24. The molecule has 39 heavy (non-hydrogen) atoms. The van der Waals surface area contributed by atoms with Gasteiger partial charge in [-0.05, 0) is 26.8 Å². The first-order chi connectivity index (χ1) is 18.3. The summed E-state index contributed by atoms with van der Waals surface area (Å²) in [6.07, 6.45) is -0.515. The molecule has 1 aliphatic heterocycles. The average Bonchev–Trinajstić information content (AvgIpc) is 2.87. The zero-order valence-electron chi connectivity index (χ0n) is 22.2. The second kappa shape index (κ2) is 13.1. The third-order valence-corrected chi connectivity index (χ3v) is 7.77. The molecule has 0 bridgehead atoms. The number of carbonyl (C=O) groups is 1. The fraction of sp³-hybridized carbons (Fsp3) is 0.542. The van der Waals surface area contributed by atoms with Crippen molar-refractivity contribution in [3.05, 3.63) is 41.5 Å². The van der Waals surface area contributed by atoms with Crippen LogP contribution in [0, 0.1) is 17.6 Å². The number of nitrogens with zero attached hydrogens (tertiary/aromatic N) is 4. The van der Waals surface area contributed by atoms with Crippen molar-refractivity contribution in [2.24, 2.45) is 5.92 Å². The molecule has 0 unspecified atom stereocenters. The fourth-order valence-corrected chi connectivity index (χ4v) is 5.28. The maximum Gasteiger partial charge on any atom is 0.410 e. The molecular formula is C24H33F2N5O6S2. The van der Waals surface area contributed by atoms with Gasteiger partial charge in [-0.1, -0.05) is 30.8 Å². The van der Waals surface area contributed by atoms with Crippen molar-refractivity contribution in [2.75, 3.05) is 44.1 Å². The van der Waals surface area contributed by atoms with E-state index in [-0.39, 0.29) is 73.5 Å². The Hall–Kier alpha value is -2.75. The third kappa shape index (κ3) is 9.15. The normalized spacial score (nSPS) is 15.6. The lowest BCUT2D eigenvalue weighted by molar-refractivity contribution is 0.0193. The highest BCUT2D eigenvalue weighted by molar-refractivity contribution is 7.98. The number of benzene rings is 1. The smallest absolute Gasteiger partial charge is 0.410 e. The van der Waals surface area contributed by atoms with Crippen LogP contribution in [0.3, 0.4) is 0 Å². The largest absolute Gasteiger partial charge is 0.477 e. The number of piperazine rings is 1. The molecule has 216 valence electrons. The molecule has 3 rings (SSSR count). The van der Waals surface area contributed by atoms with E-state index in [0.717, 1.165) is 17.8 Å². The van der Waals surface area contributed by atoms with Crippen molar-refractivity contribution in [3.63, 3.8) is 0 Å². The number of aliphatic hydroxyl groups is 1. The zero-order valence-corrected chi connectivity index (χ0v) is 23.8. The predicted octanol–water partition coefficient (Wildman–Crippen LogP) is 3.26. The van der Waals surface area contributed by atoms with E-state index in [4.69, 9.17) is 9.47 Å². The molecule has 1 aliphatic rings. The summed E-state index contributed by atoms with van der Waals surface area (Å²) >= 11 is 0.969. The fourth-order valence-electron chi connectivity index (χ4n) is 3.31. The summed E-state index contributed by atoms with van der Waals surface area (Å²) in [5.41, 5.74) is -0.575. The van der Waals surface area contributed by atoms with E-state index in [2.05, 4.69) is 14.7 Å². The summed E-state index contributed by atoms with van der Waals surface area (Å²) < 4.78 is 68.4. The van der Waals surface area contributed by atoms with Gasteiger partial charge < -0.3 is 19.5 Å². The molecule has 2 N–H and O–H groups in total. The Morgan fingerprint density at radius 1 is 1.21 bits per heavy atom. The van der Waals surface area contributed by atoms with E-state index < -0.39 is 33.5 Å². The van der Waals surface area contributed by atoms with E-state index >= 15 is 0 Å². The lowest BCUT2D eigenvalue weighted by Crippen LogP contribution is -2.52. The van der Waals surface area contributed by atoms with Gasteiger partial charge in [-0.15, -0.1) is 0 Å². The molecule has 1 aromatic heterocycles. The number of amides is 1. The molecule has 15 heteroatoms. The van der Waals surface area contributed by atoms with Gasteiger partial charge in [-0.3, -0.25) is 4.72 Å². The lowest BCUT2D eigenvalue weighted by Gasteiger charge is -2.34. The second-order valence-electron chi connectivity index (χ2n) is 9.95. The lowest BCUT2D eigenvalue weighted by atomic mass is 10.2. The van der Waals surface area contributed by atoms with Gasteiger partial charge in [-0.2, -0.15) is 17.7 Å². The number of aromatic nitrogens is 2. The van der Waals surface area contributed by atoms with Crippen LogP contribution in [0.4, 0.5) is 19.4 Å². The summed E-state index contributed by atoms with van der Waals surface area (Å²) in [5, 5.41) is 9.34. The van der Waals surface area contributed by atoms with Crippen LogP contribution in [0.15, 0.2) is 29.4 Å². The van der Waals surface area contributed by atoms with Gasteiger partial charge in [0.1, 0.15) is 11.4 Å². The highest BCUT2D eigenvalue weighted by atomic mass is 32.2. The van der Waals surface area contributed by atoms with Gasteiger partial charge in [0.05, 0.1) is 6.61 Å². The Kier molecular flexibility index (Phi) is 10.3.